The SMILES string of the molecule is O=C(O)C[C@H]1CCN(Cc2cc(C(F)(F)F)cc(C(F)(F)F)c2)[C@@H](C2C=CC(C(F)(F)F)=CC2)C1. The summed E-state index contributed by atoms with van der Waals surface area (Å²) in [4.78, 5) is 12.8. The van der Waals surface area contributed by atoms with Gasteiger partial charge in [-0.05, 0) is 61.4 Å². The summed E-state index contributed by atoms with van der Waals surface area (Å²) in [6, 6.07) is 0.745. The Labute approximate surface area is 194 Å². The molecule has 3 rings (SSSR count). The summed E-state index contributed by atoms with van der Waals surface area (Å²) in [5.41, 5.74) is -3.98. The van der Waals surface area contributed by atoms with E-state index < -0.39 is 53.2 Å². The Hall–Kier alpha value is -2.50. The highest BCUT2D eigenvalue weighted by Crippen LogP contribution is 2.39. The Morgan fingerprint density at radius 2 is 1.54 bits per heavy atom. The van der Waals surface area contributed by atoms with Gasteiger partial charge in [0.05, 0.1) is 16.7 Å². The van der Waals surface area contributed by atoms with Crippen LogP contribution in [0.15, 0.2) is 42.0 Å². The van der Waals surface area contributed by atoms with E-state index in [2.05, 4.69) is 0 Å². The van der Waals surface area contributed by atoms with Crippen molar-refractivity contribution in [1.29, 1.82) is 0 Å². The number of aliphatic carboxylic acids is 1. The van der Waals surface area contributed by atoms with Crippen molar-refractivity contribution in [2.24, 2.45) is 11.8 Å². The quantitative estimate of drug-likeness (QED) is 0.437. The number of hydrogen-bond acceptors (Lipinski definition) is 2. The van der Waals surface area contributed by atoms with E-state index >= 15 is 0 Å². The molecule has 3 atom stereocenters. The topological polar surface area (TPSA) is 40.5 Å². The Balaban J connectivity index is 1.90. The molecule has 1 saturated heterocycles. The minimum atomic E-state index is -5.01. The number of halogens is 9. The maximum Gasteiger partial charge on any atom is 0.416 e. The van der Waals surface area contributed by atoms with Gasteiger partial charge < -0.3 is 5.11 Å². The van der Waals surface area contributed by atoms with Crippen molar-refractivity contribution in [2.45, 2.75) is 56.8 Å². The van der Waals surface area contributed by atoms with Gasteiger partial charge in [0.2, 0.25) is 0 Å². The maximum absolute atomic E-state index is 13.2. The van der Waals surface area contributed by atoms with Crippen LogP contribution in [0.25, 0.3) is 0 Å². The summed E-state index contributed by atoms with van der Waals surface area (Å²) in [7, 11) is 0. The Morgan fingerprint density at radius 3 is 2.00 bits per heavy atom. The van der Waals surface area contributed by atoms with E-state index in [1.807, 2.05) is 0 Å². The van der Waals surface area contributed by atoms with Gasteiger partial charge in [-0.25, -0.2) is 0 Å². The van der Waals surface area contributed by atoms with Crippen LogP contribution >= 0.6 is 0 Å². The summed E-state index contributed by atoms with van der Waals surface area (Å²) in [5, 5.41) is 9.13. The van der Waals surface area contributed by atoms with E-state index in [1.54, 1.807) is 4.90 Å². The predicted molar refractivity (Wildman–Crippen MR) is 107 cm³/mol. The maximum atomic E-state index is 13.2. The smallest absolute Gasteiger partial charge is 0.416 e. The van der Waals surface area contributed by atoms with Crippen molar-refractivity contribution >= 4 is 5.97 Å². The number of carbonyl (C=O) groups is 1. The van der Waals surface area contributed by atoms with Crippen LogP contribution in [0.3, 0.4) is 0 Å². The van der Waals surface area contributed by atoms with Crippen LogP contribution in [0, 0.1) is 11.8 Å². The average molecular weight is 515 g/mol. The van der Waals surface area contributed by atoms with Gasteiger partial charge in [-0.15, -0.1) is 0 Å². The van der Waals surface area contributed by atoms with Gasteiger partial charge in [0.1, 0.15) is 0 Å². The number of piperidine rings is 1. The van der Waals surface area contributed by atoms with Gasteiger partial charge >= 0.3 is 24.5 Å². The lowest BCUT2D eigenvalue weighted by molar-refractivity contribution is -0.143. The molecule has 0 amide bonds. The largest absolute Gasteiger partial charge is 0.481 e. The molecule has 1 N–H and O–H groups in total. The molecule has 0 spiro atoms. The molecule has 35 heavy (non-hydrogen) atoms. The van der Waals surface area contributed by atoms with E-state index in [4.69, 9.17) is 5.11 Å². The third-order valence-corrected chi connectivity index (χ3v) is 6.32. The van der Waals surface area contributed by atoms with Gasteiger partial charge in [0, 0.05) is 19.0 Å². The molecule has 1 unspecified atom stereocenters. The number of carboxylic acid groups (broad SMARTS) is 1. The first-order valence-corrected chi connectivity index (χ1v) is 10.7. The summed E-state index contributed by atoms with van der Waals surface area (Å²) >= 11 is 0. The number of benzene rings is 1. The van der Waals surface area contributed by atoms with Crippen LogP contribution in [0.2, 0.25) is 0 Å². The molecule has 2 aliphatic rings. The van der Waals surface area contributed by atoms with Crippen LogP contribution in [-0.4, -0.2) is 34.7 Å². The van der Waals surface area contributed by atoms with Crippen LogP contribution in [0.5, 0.6) is 0 Å². The van der Waals surface area contributed by atoms with Crippen molar-refractivity contribution < 1.29 is 49.4 Å². The molecule has 12 heteroatoms. The Kier molecular flexibility index (Phi) is 7.64. The van der Waals surface area contributed by atoms with E-state index in [1.165, 1.54) is 6.08 Å². The Bertz CT molecular complexity index is 960. The summed E-state index contributed by atoms with van der Waals surface area (Å²) < 4.78 is 118. The van der Waals surface area contributed by atoms with E-state index in [9.17, 15) is 44.3 Å². The second kappa shape index (κ2) is 9.87. The molecule has 194 valence electrons. The van der Waals surface area contributed by atoms with Crippen molar-refractivity contribution in [3.8, 4) is 0 Å². The highest BCUT2D eigenvalue weighted by molar-refractivity contribution is 5.67. The molecule has 3 nitrogen and oxygen atoms in total. The Morgan fingerprint density at radius 1 is 0.943 bits per heavy atom. The molecule has 0 bridgehead atoms. The number of carboxylic acids is 1. The second-order valence-corrected chi connectivity index (χ2v) is 8.86. The molecule has 0 radical (unpaired) electrons. The fourth-order valence-electron chi connectivity index (χ4n) is 4.67. The summed E-state index contributed by atoms with van der Waals surface area (Å²) in [5.74, 6) is -1.89. The van der Waals surface area contributed by atoms with Crippen LogP contribution in [0.1, 0.15) is 42.4 Å². The molecule has 1 aromatic rings. The molecule has 1 aromatic carbocycles. The molecule has 1 fully saturated rings. The highest BCUT2D eigenvalue weighted by Gasteiger charge is 2.39. The summed E-state index contributed by atoms with van der Waals surface area (Å²) in [6.45, 7) is -0.113. The monoisotopic (exact) mass is 515 g/mol. The fraction of sp³-hybridized carbons (Fsp3) is 0.522. The summed E-state index contributed by atoms with van der Waals surface area (Å²) in [6.07, 6.45) is -11.0. The zero-order valence-electron chi connectivity index (χ0n) is 18.1. The molecular weight excluding hydrogens is 493 g/mol. The third kappa shape index (κ3) is 7.02. The minimum Gasteiger partial charge on any atom is -0.481 e. The van der Waals surface area contributed by atoms with Crippen molar-refractivity contribution in [2.75, 3.05) is 6.54 Å². The van der Waals surface area contributed by atoms with Crippen LogP contribution < -0.4 is 0 Å². The zero-order chi connectivity index (χ0) is 26.2. The van der Waals surface area contributed by atoms with Crippen LogP contribution in [0.4, 0.5) is 39.5 Å². The van der Waals surface area contributed by atoms with Crippen molar-refractivity contribution in [3.63, 3.8) is 0 Å². The molecule has 1 aliphatic carbocycles. The molecular formula is C23H22F9NO2. The molecule has 0 saturated carbocycles. The minimum absolute atomic E-state index is 0.0351. The first kappa shape index (κ1) is 27.1. The predicted octanol–water partition coefficient (Wildman–Crippen LogP) is 6.84. The average Bonchev–Trinajstić information content (AvgIpc) is 2.72. The lowest BCUT2D eigenvalue weighted by atomic mass is 9.79. The number of rotatable bonds is 5. The lowest BCUT2D eigenvalue weighted by Gasteiger charge is -2.43. The van der Waals surface area contributed by atoms with E-state index in [-0.39, 0.29) is 49.9 Å². The molecule has 1 heterocycles. The van der Waals surface area contributed by atoms with Gasteiger partial charge in [-0.2, -0.15) is 39.5 Å². The third-order valence-electron chi connectivity index (χ3n) is 6.32. The first-order valence-electron chi connectivity index (χ1n) is 10.7. The normalized spacial score (nSPS) is 24.4. The van der Waals surface area contributed by atoms with E-state index in [0.717, 1.165) is 12.2 Å². The standard InChI is InChI=1S/C23H22F9NO2/c24-21(25,26)16-3-1-15(2-4-16)19-9-13(10-20(34)35)5-6-33(19)12-14-7-17(22(27,28)29)11-18(8-14)23(30,31)32/h1,3-4,7-8,11,13,15,19H,2,5-6,9-10,12H2,(H,34,35)/t13-,15?,19+/m0/s1. The van der Waals surface area contributed by atoms with Crippen molar-refractivity contribution in [3.05, 3.63) is 58.7 Å². The van der Waals surface area contributed by atoms with E-state index in [0.29, 0.717) is 18.6 Å². The number of allylic oxidation sites excluding steroid dienone is 3. The number of alkyl halides is 9. The lowest BCUT2D eigenvalue weighted by Crippen LogP contribution is -2.46. The van der Waals surface area contributed by atoms with Gasteiger partial charge in [-0.1, -0.05) is 18.2 Å². The number of likely N-dealkylation sites (tertiary alicyclic amines) is 1. The molecule has 0 aromatic heterocycles. The number of nitrogens with zero attached hydrogens (tertiary/aromatic N) is 1. The second-order valence-electron chi connectivity index (χ2n) is 8.86. The van der Waals surface area contributed by atoms with Gasteiger partial charge in [-0.3, -0.25) is 9.69 Å². The fourth-order valence-corrected chi connectivity index (χ4v) is 4.67. The number of hydrogen-bond donors (Lipinski definition) is 1. The first-order chi connectivity index (χ1) is 16.0. The van der Waals surface area contributed by atoms with Crippen LogP contribution in [-0.2, 0) is 23.7 Å². The van der Waals surface area contributed by atoms with Gasteiger partial charge in [0.15, 0.2) is 0 Å². The van der Waals surface area contributed by atoms with Gasteiger partial charge in [0.25, 0.3) is 0 Å². The zero-order valence-corrected chi connectivity index (χ0v) is 18.1. The molecule has 1 aliphatic heterocycles. The highest BCUT2D eigenvalue weighted by atomic mass is 19.4. The van der Waals surface area contributed by atoms with Crippen molar-refractivity contribution in [1.82, 2.24) is 4.90 Å².